The van der Waals surface area contributed by atoms with Gasteiger partial charge < -0.3 is 5.11 Å². The van der Waals surface area contributed by atoms with Gasteiger partial charge in [-0.05, 0) is 47.7 Å². The minimum atomic E-state index is -0.354. The minimum Gasteiger partial charge on any atom is -0.391 e. The molecule has 0 saturated carbocycles. The molecule has 0 bridgehead atoms. The topological polar surface area (TPSA) is 63.0 Å². The molecule has 0 spiro atoms. The van der Waals surface area contributed by atoms with Crippen LogP contribution in [0.5, 0.6) is 0 Å². The van der Waals surface area contributed by atoms with Gasteiger partial charge in [-0.1, -0.05) is 43.3 Å². The summed E-state index contributed by atoms with van der Waals surface area (Å²) in [5.41, 5.74) is 2.73. The highest BCUT2D eigenvalue weighted by Crippen LogP contribution is 2.21. The zero-order chi connectivity index (χ0) is 19.2. The maximum Gasteiger partial charge on any atom is 0.123 e. The monoisotopic (exact) mass is 386 g/mol. The first-order chi connectivity index (χ1) is 13.0. The molecule has 142 valence electrons. The van der Waals surface area contributed by atoms with Crippen LogP contribution in [-0.2, 0) is 6.54 Å². The first kappa shape index (κ1) is 19.5. The zero-order valence-corrected chi connectivity index (χ0v) is 16.2. The quantitative estimate of drug-likeness (QED) is 0.578. The van der Waals surface area contributed by atoms with Crippen LogP contribution in [0.25, 0.3) is 11.3 Å². The smallest absolute Gasteiger partial charge is 0.123 e. The summed E-state index contributed by atoms with van der Waals surface area (Å²) in [5.74, 6) is -0.0119. The Kier molecular flexibility index (Phi) is 6.60. The maximum atomic E-state index is 13.0. The molecule has 7 heteroatoms. The van der Waals surface area contributed by atoms with Crippen molar-refractivity contribution in [1.82, 2.24) is 19.7 Å². The standard InChI is InChI=1S/C20H23FN4OS/c1-14(2)20(26)11-22-27-18-9-5-16(6-10-18)19-13-25(24-23-19)12-15-3-7-17(21)8-4-15/h3-10,13-14,20,22,26H,11-12H2,1-2H3. The van der Waals surface area contributed by atoms with E-state index in [-0.39, 0.29) is 17.8 Å². The van der Waals surface area contributed by atoms with Gasteiger partial charge in [-0.25, -0.2) is 9.07 Å². The van der Waals surface area contributed by atoms with E-state index >= 15 is 0 Å². The molecule has 0 aliphatic rings. The lowest BCUT2D eigenvalue weighted by Gasteiger charge is -2.14. The van der Waals surface area contributed by atoms with E-state index in [0.717, 1.165) is 21.7 Å². The summed E-state index contributed by atoms with van der Waals surface area (Å²) in [4.78, 5) is 1.06. The van der Waals surface area contributed by atoms with Gasteiger partial charge in [0.1, 0.15) is 11.5 Å². The van der Waals surface area contributed by atoms with E-state index in [1.165, 1.54) is 24.1 Å². The second-order valence-electron chi connectivity index (χ2n) is 6.71. The van der Waals surface area contributed by atoms with Crippen LogP contribution >= 0.6 is 11.9 Å². The number of aromatic nitrogens is 3. The van der Waals surface area contributed by atoms with E-state index in [0.29, 0.717) is 13.1 Å². The number of nitrogens with one attached hydrogen (secondary N) is 1. The molecule has 3 rings (SSSR count). The number of aliphatic hydroxyl groups is 1. The van der Waals surface area contributed by atoms with Crippen molar-refractivity contribution in [3.63, 3.8) is 0 Å². The summed E-state index contributed by atoms with van der Waals surface area (Å²) >= 11 is 1.50. The molecule has 1 heterocycles. The van der Waals surface area contributed by atoms with Crippen molar-refractivity contribution in [2.75, 3.05) is 6.54 Å². The third-order valence-corrected chi connectivity index (χ3v) is 5.02. The lowest BCUT2D eigenvalue weighted by Crippen LogP contribution is -2.26. The molecule has 5 nitrogen and oxygen atoms in total. The summed E-state index contributed by atoms with van der Waals surface area (Å²) in [7, 11) is 0. The molecule has 0 aliphatic heterocycles. The van der Waals surface area contributed by atoms with Crippen molar-refractivity contribution >= 4 is 11.9 Å². The predicted molar refractivity (Wildman–Crippen MR) is 106 cm³/mol. The van der Waals surface area contributed by atoms with E-state index in [4.69, 9.17) is 0 Å². The second-order valence-corrected chi connectivity index (χ2v) is 7.68. The molecule has 0 saturated heterocycles. The van der Waals surface area contributed by atoms with Gasteiger partial charge in [0.15, 0.2) is 0 Å². The van der Waals surface area contributed by atoms with E-state index in [2.05, 4.69) is 15.0 Å². The molecule has 1 unspecified atom stereocenters. The SMILES string of the molecule is CC(C)C(O)CNSc1ccc(-c2cn(Cc3ccc(F)cc3)nn2)cc1. The van der Waals surface area contributed by atoms with Crippen LogP contribution in [0, 0.1) is 11.7 Å². The summed E-state index contributed by atoms with van der Waals surface area (Å²) < 4.78 is 17.9. The van der Waals surface area contributed by atoms with E-state index in [1.54, 1.807) is 16.8 Å². The molecule has 3 aromatic rings. The third-order valence-electron chi connectivity index (χ3n) is 4.20. The van der Waals surface area contributed by atoms with Gasteiger partial charge in [0, 0.05) is 17.0 Å². The number of hydrogen-bond donors (Lipinski definition) is 2. The van der Waals surface area contributed by atoms with Crippen LogP contribution in [0.1, 0.15) is 19.4 Å². The average Bonchev–Trinajstić information content (AvgIpc) is 3.12. The van der Waals surface area contributed by atoms with E-state index in [9.17, 15) is 9.50 Å². The fourth-order valence-electron chi connectivity index (χ4n) is 2.42. The lowest BCUT2D eigenvalue weighted by atomic mass is 10.1. The lowest BCUT2D eigenvalue weighted by molar-refractivity contribution is 0.130. The average molecular weight is 386 g/mol. The van der Waals surface area contributed by atoms with Crippen molar-refractivity contribution in [2.24, 2.45) is 5.92 Å². The van der Waals surface area contributed by atoms with Crippen molar-refractivity contribution in [2.45, 2.75) is 31.4 Å². The highest BCUT2D eigenvalue weighted by Gasteiger charge is 2.09. The van der Waals surface area contributed by atoms with Crippen LogP contribution in [0.2, 0.25) is 0 Å². The molecule has 0 radical (unpaired) electrons. The Balaban J connectivity index is 1.57. The van der Waals surface area contributed by atoms with Crippen molar-refractivity contribution in [3.8, 4) is 11.3 Å². The molecule has 0 amide bonds. The summed E-state index contributed by atoms with van der Waals surface area (Å²) in [5, 5.41) is 18.2. The number of aliphatic hydroxyl groups excluding tert-OH is 1. The van der Waals surface area contributed by atoms with Gasteiger partial charge in [0.05, 0.1) is 18.8 Å². The number of benzene rings is 2. The summed E-state index contributed by atoms with van der Waals surface area (Å²) in [6.45, 7) is 5.08. The van der Waals surface area contributed by atoms with Crippen LogP contribution in [0.4, 0.5) is 4.39 Å². The van der Waals surface area contributed by atoms with Crippen LogP contribution in [0.15, 0.2) is 59.6 Å². The number of halogens is 1. The van der Waals surface area contributed by atoms with E-state index in [1.807, 2.05) is 44.3 Å². The number of hydrogen-bond acceptors (Lipinski definition) is 5. The molecule has 2 aromatic carbocycles. The van der Waals surface area contributed by atoms with Gasteiger partial charge in [-0.3, -0.25) is 4.72 Å². The summed E-state index contributed by atoms with van der Waals surface area (Å²) in [6, 6.07) is 14.4. The molecule has 2 N–H and O–H groups in total. The normalized spacial score (nSPS) is 12.5. The number of nitrogens with zero attached hydrogens (tertiary/aromatic N) is 3. The molecule has 27 heavy (non-hydrogen) atoms. The van der Waals surface area contributed by atoms with Crippen LogP contribution in [-0.4, -0.2) is 32.7 Å². The van der Waals surface area contributed by atoms with Gasteiger partial charge in [-0.2, -0.15) is 0 Å². The highest BCUT2D eigenvalue weighted by molar-refractivity contribution is 7.97. The molecule has 1 aromatic heterocycles. The third kappa shape index (κ3) is 5.63. The minimum absolute atomic E-state index is 0.234. The Morgan fingerprint density at radius 3 is 2.48 bits per heavy atom. The summed E-state index contributed by atoms with van der Waals surface area (Å²) in [6.07, 6.45) is 1.52. The van der Waals surface area contributed by atoms with Crippen molar-refractivity contribution < 1.29 is 9.50 Å². The van der Waals surface area contributed by atoms with Gasteiger partial charge in [0.2, 0.25) is 0 Å². The van der Waals surface area contributed by atoms with Crippen LogP contribution < -0.4 is 4.72 Å². The molecular formula is C20H23FN4OS. The predicted octanol–water partition coefficient (Wildman–Crippen LogP) is 3.75. The van der Waals surface area contributed by atoms with Crippen molar-refractivity contribution in [3.05, 3.63) is 66.1 Å². The van der Waals surface area contributed by atoms with Crippen LogP contribution in [0.3, 0.4) is 0 Å². The molecule has 0 aliphatic carbocycles. The number of rotatable bonds is 8. The Bertz CT molecular complexity index is 849. The Morgan fingerprint density at radius 2 is 1.81 bits per heavy atom. The largest absolute Gasteiger partial charge is 0.391 e. The first-order valence-corrected chi connectivity index (χ1v) is 9.65. The first-order valence-electron chi connectivity index (χ1n) is 8.84. The fourth-order valence-corrected chi connectivity index (χ4v) is 3.12. The Morgan fingerprint density at radius 1 is 1.11 bits per heavy atom. The Labute approximate surface area is 162 Å². The molecular weight excluding hydrogens is 363 g/mol. The zero-order valence-electron chi connectivity index (χ0n) is 15.3. The van der Waals surface area contributed by atoms with Gasteiger partial charge in [-0.15, -0.1) is 5.10 Å². The highest BCUT2D eigenvalue weighted by atomic mass is 32.2. The maximum absolute atomic E-state index is 13.0. The molecule has 1 atom stereocenters. The van der Waals surface area contributed by atoms with E-state index < -0.39 is 0 Å². The van der Waals surface area contributed by atoms with Gasteiger partial charge >= 0.3 is 0 Å². The second kappa shape index (κ2) is 9.12. The Hall–Kier alpha value is -2.22. The fraction of sp³-hybridized carbons (Fsp3) is 0.300. The van der Waals surface area contributed by atoms with Crippen molar-refractivity contribution in [1.29, 1.82) is 0 Å². The molecule has 0 fully saturated rings. The van der Waals surface area contributed by atoms with Gasteiger partial charge in [0.25, 0.3) is 0 Å².